The number of hydrogen-bond donors (Lipinski definition) is 2. The lowest BCUT2D eigenvalue weighted by Gasteiger charge is -2.07. The number of H-pyrrole nitrogens is 1. The summed E-state index contributed by atoms with van der Waals surface area (Å²) in [7, 11) is 0. The molecule has 1 aromatic heterocycles. The molecule has 1 heterocycles. The Morgan fingerprint density at radius 3 is 3.00 bits per heavy atom. The molecule has 2 N–H and O–H groups in total. The zero-order valence-corrected chi connectivity index (χ0v) is 9.13. The van der Waals surface area contributed by atoms with Crippen LogP contribution in [0.5, 0.6) is 0 Å². The lowest BCUT2D eigenvalue weighted by atomic mass is 10.4. The fourth-order valence-corrected chi connectivity index (χ4v) is 1.26. The van der Waals surface area contributed by atoms with E-state index in [1.165, 1.54) is 0 Å². The normalized spacial score (nSPS) is 13.1. The van der Waals surface area contributed by atoms with Gasteiger partial charge in [0.2, 0.25) is 0 Å². The van der Waals surface area contributed by atoms with Crippen molar-refractivity contribution in [3.8, 4) is 0 Å². The summed E-state index contributed by atoms with van der Waals surface area (Å²) < 4.78 is 5.43. The average Bonchev–Trinajstić information content (AvgIpc) is 2.63. The van der Waals surface area contributed by atoms with Crippen molar-refractivity contribution >= 4 is 0 Å². The van der Waals surface area contributed by atoms with Crippen LogP contribution in [0.15, 0.2) is 6.20 Å². The molecule has 0 aliphatic heterocycles. The summed E-state index contributed by atoms with van der Waals surface area (Å²) in [6.07, 6.45) is 1.91. The van der Waals surface area contributed by atoms with Gasteiger partial charge in [0.25, 0.3) is 0 Å². The Balaban J connectivity index is 2.49. The number of nitrogens with one attached hydrogen (secondary N) is 2. The zero-order chi connectivity index (χ0) is 10.4. The molecule has 0 bridgehead atoms. The highest BCUT2D eigenvalue weighted by Gasteiger charge is 2.08. The maximum absolute atomic E-state index is 5.43. The highest BCUT2D eigenvalue weighted by Crippen LogP contribution is 2.12. The number of ether oxygens (including phenoxy) is 1. The second-order valence-corrected chi connectivity index (χ2v) is 3.17. The monoisotopic (exact) mass is 197 g/mol. The maximum atomic E-state index is 5.43. The number of hydrogen-bond acceptors (Lipinski definition) is 3. The molecule has 0 aliphatic rings. The first-order valence-corrected chi connectivity index (χ1v) is 5.14. The summed E-state index contributed by atoms with van der Waals surface area (Å²) >= 11 is 0. The van der Waals surface area contributed by atoms with Crippen LogP contribution in [0.1, 0.15) is 38.4 Å². The standard InChI is InChI=1S/C10H19N3O/c1-4-11-6-9-7-12-10(13-9)8(3)14-5-2/h7-8,11H,4-6H2,1-3H3,(H,12,13). The minimum absolute atomic E-state index is 0.0513. The van der Waals surface area contributed by atoms with Gasteiger partial charge in [-0.25, -0.2) is 4.98 Å². The van der Waals surface area contributed by atoms with Crippen LogP contribution in [-0.4, -0.2) is 23.1 Å². The quantitative estimate of drug-likeness (QED) is 0.728. The zero-order valence-electron chi connectivity index (χ0n) is 9.13. The molecule has 0 radical (unpaired) electrons. The molecule has 0 amide bonds. The van der Waals surface area contributed by atoms with E-state index in [2.05, 4.69) is 22.2 Å². The van der Waals surface area contributed by atoms with Gasteiger partial charge in [-0.05, 0) is 20.4 Å². The first kappa shape index (κ1) is 11.2. The Bertz CT molecular complexity index is 260. The van der Waals surface area contributed by atoms with Crippen molar-refractivity contribution in [2.24, 2.45) is 0 Å². The molecule has 0 fully saturated rings. The van der Waals surface area contributed by atoms with E-state index in [0.717, 1.165) is 24.6 Å². The first-order valence-electron chi connectivity index (χ1n) is 5.14. The van der Waals surface area contributed by atoms with Gasteiger partial charge in [-0.3, -0.25) is 0 Å². The lowest BCUT2D eigenvalue weighted by Crippen LogP contribution is -2.12. The minimum Gasteiger partial charge on any atom is -0.371 e. The van der Waals surface area contributed by atoms with Crippen molar-refractivity contribution < 1.29 is 4.74 Å². The fourth-order valence-electron chi connectivity index (χ4n) is 1.26. The van der Waals surface area contributed by atoms with Gasteiger partial charge in [-0.2, -0.15) is 0 Å². The van der Waals surface area contributed by atoms with Crippen molar-refractivity contribution in [3.63, 3.8) is 0 Å². The predicted octanol–water partition coefficient (Wildman–Crippen LogP) is 1.62. The van der Waals surface area contributed by atoms with Gasteiger partial charge in [-0.15, -0.1) is 0 Å². The van der Waals surface area contributed by atoms with Crippen molar-refractivity contribution in [2.75, 3.05) is 13.2 Å². The smallest absolute Gasteiger partial charge is 0.135 e. The van der Waals surface area contributed by atoms with E-state index in [-0.39, 0.29) is 6.10 Å². The van der Waals surface area contributed by atoms with E-state index in [0.29, 0.717) is 6.61 Å². The van der Waals surface area contributed by atoms with Crippen molar-refractivity contribution in [2.45, 2.75) is 33.4 Å². The average molecular weight is 197 g/mol. The Hall–Kier alpha value is -0.870. The van der Waals surface area contributed by atoms with E-state index in [9.17, 15) is 0 Å². The lowest BCUT2D eigenvalue weighted by molar-refractivity contribution is 0.0706. The van der Waals surface area contributed by atoms with Gasteiger partial charge in [0, 0.05) is 25.0 Å². The van der Waals surface area contributed by atoms with Crippen LogP contribution in [0.25, 0.3) is 0 Å². The second-order valence-electron chi connectivity index (χ2n) is 3.17. The first-order chi connectivity index (χ1) is 6.77. The number of nitrogens with zero attached hydrogens (tertiary/aromatic N) is 1. The molecule has 0 saturated heterocycles. The van der Waals surface area contributed by atoms with Gasteiger partial charge in [0.15, 0.2) is 0 Å². The van der Waals surface area contributed by atoms with Gasteiger partial charge >= 0.3 is 0 Å². The number of imidazole rings is 1. The highest BCUT2D eigenvalue weighted by molar-refractivity contribution is 5.02. The van der Waals surface area contributed by atoms with Crippen LogP contribution >= 0.6 is 0 Å². The van der Waals surface area contributed by atoms with Gasteiger partial charge in [-0.1, -0.05) is 6.92 Å². The number of aromatic nitrogens is 2. The van der Waals surface area contributed by atoms with E-state index in [1.54, 1.807) is 0 Å². The molecule has 80 valence electrons. The molecule has 1 unspecified atom stereocenters. The highest BCUT2D eigenvalue weighted by atomic mass is 16.5. The third-order valence-electron chi connectivity index (χ3n) is 2.02. The van der Waals surface area contributed by atoms with Crippen molar-refractivity contribution in [1.82, 2.24) is 15.3 Å². The second kappa shape index (κ2) is 5.78. The molecular weight excluding hydrogens is 178 g/mol. The molecule has 0 spiro atoms. The SMILES string of the molecule is CCNCc1cnc(C(C)OCC)[nH]1. The largest absolute Gasteiger partial charge is 0.371 e. The van der Waals surface area contributed by atoms with Crippen LogP contribution in [0.3, 0.4) is 0 Å². The molecule has 4 heteroatoms. The Morgan fingerprint density at radius 1 is 1.57 bits per heavy atom. The molecular formula is C10H19N3O. The topological polar surface area (TPSA) is 49.9 Å². The van der Waals surface area contributed by atoms with Crippen LogP contribution in [0.4, 0.5) is 0 Å². The molecule has 1 atom stereocenters. The van der Waals surface area contributed by atoms with E-state index in [1.807, 2.05) is 20.0 Å². The van der Waals surface area contributed by atoms with E-state index < -0.39 is 0 Å². The Morgan fingerprint density at radius 2 is 2.36 bits per heavy atom. The molecule has 0 saturated carbocycles. The molecule has 14 heavy (non-hydrogen) atoms. The van der Waals surface area contributed by atoms with Crippen molar-refractivity contribution in [1.29, 1.82) is 0 Å². The summed E-state index contributed by atoms with van der Waals surface area (Å²) in [5, 5.41) is 3.24. The maximum Gasteiger partial charge on any atom is 0.135 e. The van der Waals surface area contributed by atoms with Crippen LogP contribution in [-0.2, 0) is 11.3 Å². The molecule has 4 nitrogen and oxygen atoms in total. The fraction of sp³-hybridized carbons (Fsp3) is 0.700. The summed E-state index contributed by atoms with van der Waals surface area (Å²) in [5.74, 6) is 0.903. The predicted molar refractivity (Wildman–Crippen MR) is 56.0 cm³/mol. The van der Waals surface area contributed by atoms with E-state index >= 15 is 0 Å². The van der Waals surface area contributed by atoms with E-state index in [4.69, 9.17) is 4.74 Å². The summed E-state index contributed by atoms with van der Waals surface area (Å²) in [5.41, 5.74) is 1.11. The Kier molecular flexibility index (Phi) is 4.62. The van der Waals surface area contributed by atoms with Crippen molar-refractivity contribution in [3.05, 3.63) is 17.7 Å². The van der Waals surface area contributed by atoms with Gasteiger partial charge in [0.1, 0.15) is 11.9 Å². The molecule has 1 aromatic rings. The van der Waals surface area contributed by atoms with Crippen LogP contribution < -0.4 is 5.32 Å². The third kappa shape index (κ3) is 3.12. The number of aromatic amines is 1. The van der Waals surface area contributed by atoms with Crippen LogP contribution in [0, 0.1) is 0 Å². The Labute approximate surface area is 85.1 Å². The molecule has 1 rings (SSSR count). The van der Waals surface area contributed by atoms with Gasteiger partial charge < -0.3 is 15.0 Å². The molecule has 0 aromatic carbocycles. The van der Waals surface area contributed by atoms with Gasteiger partial charge in [0.05, 0.1) is 0 Å². The third-order valence-corrected chi connectivity index (χ3v) is 2.02. The summed E-state index contributed by atoms with van der Waals surface area (Å²) in [6.45, 7) is 8.58. The van der Waals surface area contributed by atoms with Crippen LogP contribution in [0.2, 0.25) is 0 Å². The minimum atomic E-state index is 0.0513. The molecule has 0 aliphatic carbocycles. The number of rotatable bonds is 6. The summed E-state index contributed by atoms with van der Waals surface area (Å²) in [4.78, 5) is 7.50. The summed E-state index contributed by atoms with van der Waals surface area (Å²) in [6, 6.07) is 0.